The summed E-state index contributed by atoms with van der Waals surface area (Å²) in [6.07, 6.45) is 3.53. The number of hydrogen-bond donors (Lipinski definition) is 1. The van der Waals surface area contributed by atoms with Crippen molar-refractivity contribution in [2.45, 2.75) is 63.4 Å². The number of sulfonamides is 1. The lowest BCUT2D eigenvalue weighted by atomic mass is 9.92. The summed E-state index contributed by atoms with van der Waals surface area (Å²) >= 11 is 0. The van der Waals surface area contributed by atoms with E-state index in [9.17, 15) is 8.42 Å². The van der Waals surface area contributed by atoms with E-state index in [-0.39, 0.29) is 12.1 Å². The van der Waals surface area contributed by atoms with Crippen LogP contribution in [0, 0.1) is 13.8 Å². The van der Waals surface area contributed by atoms with Gasteiger partial charge in [0, 0.05) is 18.6 Å². The Kier molecular flexibility index (Phi) is 5.07. The normalized spacial score (nSPS) is 23.5. The fraction of sp³-hybridized carbons (Fsp3) is 0.625. The Morgan fingerprint density at radius 1 is 1.14 bits per heavy atom. The largest absolute Gasteiger partial charge is 0.328 e. The van der Waals surface area contributed by atoms with E-state index in [0.29, 0.717) is 11.4 Å². The predicted octanol–water partition coefficient (Wildman–Crippen LogP) is 2.58. The molecule has 0 amide bonds. The highest BCUT2D eigenvalue weighted by Crippen LogP contribution is 2.28. The third-order valence-electron chi connectivity index (χ3n) is 4.55. The number of hydrogen-bond acceptors (Lipinski definition) is 3. The van der Waals surface area contributed by atoms with E-state index >= 15 is 0 Å². The van der Waals surface area contributed by atoms with Gasteiger partial charge in [-0.05, 0) is 62.8 Å². The van der Waals surface area contributed by atoms with Gasteiger partial charge in [0.25, 0.3) is 0 Å². The topological polar surface area (TPSA) is 63.4 Å². The fourth-order valence-corrected chi connectivity index (χ4v) is 4.80. The Balaban J connectivity index is 2.29. The van der Waals surface area contributed by atoms with E-state index in [0.717, 1.165) is 36.8 Å². The van der Waals surface area contributed by atoms with Gasteiger partial charge in [-0.15, -0.1) is 0 Å². The Morgan fingerprint density at radius 3 is 2.29 bits per heavy atom. The molecule has 1 aliphatic carbocycles. The van der Waals surface area contributed by atoms with Gasteiger partial charge in [0.15, 0.2) is 0 Å². The van der Waals surface area contributed by atoms with E-state index in [1.807, 2.05) is 26.8 Å². The van der Waals surface area contributed by atoms with Crippen molar-refractivity contribution in [3.63, 3.8) is 0 Å². The first-order chi connectivity index (χ1) is 9.86. The lowest BCUT2D eigenvalue weighted by Crippen LogP contribution is -2.44. The molecule has 1 aromatic rings. The summed E-state index contributed by atoms with van der Waals surface area (Å²) < 4.78 is 27.5. The maximum atomic E-state index is 12.9. The minimum atomic E-state index is -3.41. The maximum Gasteiger partial charge on any atom is 0.243 e. The molecule has 1 fully saturated rings. The zero-order valence-corrected chi connectivity index (χ0v) is 14.0. The molecule has 0 radical (unpaired) electrons. The molecule has 21 heavy (non-hydrogen) atoms. The van der Waals surface area contributed by atoms with Crippen LogP contribution in [0.25, 0.3) is 0 Å². The highest BCUT2D eigenvalue weighted by Gasteiger charge is 2.32. The summed E-state index contributed by atoms with van der Waals surface area (Å²) in [5.41, 5.74) is 8.05. The predicted molar refractivity (Wildman–Crippen MR) is 85.7 cm³/mol. The monoisotopic (exact) mass is 310 g/mol. The van der Waals surface area contributed by atoms with Crippen molar-refractivity contribution in [1.82, 2.24) is 4.31 Å². The second-order valence-corrected chi connectivity index (χ2v) is 7.91. The van der Waals surface area contributed by atoms with E-state index in [2.05, 4.69) is 0 Å². The van der Waals surface area contributed by atoms with E-state index in [1.165, 1.54) is 0 Å². The Morgan fingerprint density at radius 2 is 1.76 bits per heavy atom. The first-order valence-electron chi connectivity index (χ1n) is 7.71. The SMILES string of the molecule is CCN(C1CCC(N)CC1)S(=O)(=O)c1ccc(C)c(C)c1. The highest BCUT2D eigenvalue weighted by molar-refractivity contribution is 7.89. The molecule has 0 heterocycles. The first kappa shape index (κ1) is 16.5. The maximum absolute atomic E-state index is 12.9. The van der Waals surface area contributed by atoms with E-state index in [1.54, 1.807) is 16.4 Å². The number of rotatable bonds is 4. The van der Waals surface area contributed by atoms with Crippen LogP contribution in [-0.2, 0) is 10.0 Å². The molecular formula is C16H26N2O2S. The molecule has 1 saturated carbocycles. The summed E-state index contributed by atoms with van der Waals surface area (Å²) in [6, 6.07) is 5.69. The second kappa shape index (κ2) is 6.46. The number of aryl methyl sites for hydroxylation is 2. The van der Waals surface area contributed by atoms with Crippen LogP contribution in [0.2, 0.25) is 0 Å². The third-order valence-corrected chi connectivity index (χ3v) is 6.57. The molecule has 0 atom stereocenters. The van der Waals surface area contributed by atoms with Crippen molar-refractivity contribution >= 4 is 10.0 Å². The quantitative estimate of drug-likeness (QED) is 0.929. The van der Waals surface area contributed by atoms with E-state index in [4.69, 9.17) is 5.73 Å². The molecule has 0 aliphatic heterocycles. The van der Waals surface area contributed by atoms with Crippen molar-refractivity contribution in [3.05, 3.63) is 29.3 Å². The average Bonchev–Trinajstić information content (AvgIpc) is 2.44. The standard InChI is InChI=1S/C16H26N2O2S/c1-4-18(15-8-6-14(17)7-9-15)21(19,20)16-10-5-12(2)13(3)11-16/h5,10-11,14-15H,4,6-9,17H2,1-3H3. The molecular weight excluding hydrogens is 284 g/mol. The Hall–Kier alpha value is -0.910. The minimum absolute atomic E-state index is 0.0846. The lowest BCUT2D eigenvalue weighted by molar-refractivity contribution is 0.247. The summed E-state index contributed by atoms with van der Waals surface area (Å²) in [6.45, 7) is 6.36. The summed E-state index contributed by atoms with van der Waals surface area (Å²) in [7, 11) is -3.41. The summed E-state index contributed by atoms with van der Waals surface area (Å²) in [5.74, 6) is 0. The zero-order chi connectivity index (χ0) is 15.6. The van der Waals surface area contributed by atoms with Gasteiger partial charge in [0.05, 0.1) is 4.90 Å². The summed E-state index contributed by atoms with van der Waals surface area (Å²) in [5, 5.41) is 0. The van der Waals surface area contributed by atoms with Crippen molar-refractivity contribution < 1.29 is 8.42 Å². The van der Waals surface area contributed by atoms with E-state index < -0.39 is 10.0 Å². The molecule has 4 nitrogen and oxygen atoms in total. The molecule has 5 heteroatoms. The van der Waals surface area contributed by atoms with Crippen LogP contribution in [0.1, 0.15) is 43.7 Å². The lowest BCUT2D eigenvalue weighted by Gasteiger charge is -2.34. The molecule has 0 bridgehead atoms. The van der Waals surface area contributed by atoms with Crippen molar-refractivity contribution in [2.24, 2.45) is 5.73 Å². The molecule has 118 valence electrons. The van der Waals surface area contributed by atoms with Crippen molar-refractivity contribution in [1.29, 1.82) is 0 Å². The van der Waals surface area contributed by atoms with Crippen LogP contribution in [-0.4, -0.2) is 31.4 Å². The van der Waals surface area contributed by atoms with Gasteiger partial charge in [-0.1, -0.05) is 13.0 Å². The smallest absolute Gasteiger partial charge is 0.243 e. The molecule has 0 saturated heterocycles. The highest BCUT2D eigenvalue weighted by atomic mass is 32.2. The van der Waals surface area contributed by atoms with Gasteiger partial charge < -0.3 is 5.73 Å². The van der Waals surface area contributed by atoms with Gasteiger partial charge in [0.2, 0.25) is 10.0 Å². The van der Waals surface area contributed by atoms with Gasteiger partial charge in [0.1, 0.15) is 0 Å². The van der Waals surface area contributed by atoms with Crippen LogP contribution in [0.5, 0.6) is 0 Å². The second-order valence-electron chi connectivity index (χ2n) is 6.02. The van der Waals surface area contributed by atoms with Gasteiger partial charge in [-0.25, -0.2) is 8.42 Å². The van der Waals surface area contributed by atoms with Crippen LogP contribution in [0.3, 0.4) is 0 Å². The Labute approximate surface area is 128 Å². The fourth-order valence-electron chi connectivity index (χ4n) is 3.02. The average molecular weight is 310 g/mol. The molecule has 1 aliphatic rings. The van der Waals surface area contributed by atoms with Crippen molar-refractivity contribution in [3.8, 4) is 0 Å². The molecule has 0 spiro atoms. The molecule has 0 aromatic heterocycles. The molecule has 2 rings (SSSR count). The zero-order valence-electron chi connectivity index (χ0n) is 13.2. The van der Waals surface area contributed by atoms with Crippen LogP contribution < -0.4 is 5.73 Å². The number of nitrogens with zero attached hydrogens (tertiary/aromatic N) is 1. The van der Waals surface area contributed by atoms with Crippen LogP contribution in [0.4, 0.5) is 0 Å². The van der Waals surface area contributed by atoms with Gasteiger partial charge in [-0.3, -0.25) is 0 Å². The third kappa shape index (κ3) is 3.47. The van der Waals surface area contributed by atoms with Crippen molar-refractivity contribution in [2.75, 3.05) is 6.54 Å². The molecule has 1 aromatic carbocycles. The van der Waals surface area contributed by atoms with Gasteiger partial charge in [-0.2, -0.15) is 4.31 Å². The molecule has 0 unspecified atom stereocenters. The Bertz CT molecular complexity index is 590. The first-order valence-corrected chi connectivity index (χ1v) is 9.15. The number of benzene rings is 1. The molecule has 2 N–H and O–H groups in total. The van der Waals surface area contributed by atoms with Crippen LogP contribution in [0.15, 0.2) is 23.1 Å². The van der Waals surface area contributed by atoms with Crippen LogP contribution >= 0.6 is 0 Å². The van der Waals surface area contributed by atoms with Gasteiger partial charge >= 0.3 is 0 Å². The number of nitrogens with two attached hydrogens (primary N) is 1. The summed E-state index contributed by atoms with van der Waals surface area (Å²) in [4.78, 5) is 0.405. The minimum Gasteiger partial charge on any atom is -0.328 e.